The molecular weight excluding hydrogens is 164 g/mol. The van der Waals surface area contributed by atoms with Gasteiger partial charge < -0.3 is 9.84 Å². The molecule has 0 amide bonds. The van der Waals surface area contributed by atoms with Crippen LogP contribution >= 0.6 is 0 Å². The van der Waals surface area contributed by atoms with E-state index in [1.54, 1.807) is 0 Å². The molecule has 1 N–H and O–H groups in total. The van der Waals surface area contributed by atoms with Crippen LogP contribution in [0.3, 0.4) is 0 Å². The number of hydrogen-bond acceptors (Lipinski definition) is 2. The monoisotopic (exact) mass is 178 g/mol. The Kier molecular flexibility index (Phi) is 2.62. The predicted molar refractivity (Wildman–Crippen MR) is 50.5 cm³/mol. The highest BCUT2D eigenvalue weighted by molar-refractivity contribution is 5.16. The number of aliphatic hydroxyl groups excluding tert-OH is 1. The first-order valence-corrected chi connectivity index (χ1v) is 4.70. The zero-order valence-corrected chi connectivity index (χ0v) is 7.52. The minimum absolute atomic E-state index is 0.00222. The molecule has 1 fully saturated rings. The van der Waals surface area contributed by atoms with Gasteiger partial charge >= 0.3 is 0 Å². The second-order valence-corrected chi connectivity index (χ2v) is 3.45. The Morgan fingerprint density at radius 3 is 2.69 bits per heavy atom. The van der Waals surface area contributed by atoms with E-state index in [1.165, 1.54) is 5.56 Å². The van der Waals surface area contributed by atoms with Gasteiger partial charge in [0, 0.05) is 13.0 Å². The van der Waals surface area contributed by atoms with E-state index in [-0.39, 0.29) is 12.2 Å². The molecule has 0 bridgehead atoms. The average molecular weight is 178 g/mol. The molecule has 1 aromatic carbocycles. The quantitative estimate of drug-likeness (QED) is 0.741. The smallest absolute Gasteiger partial charge is 0.0874 e. The first-order chi connectivity index (χ1) is 6.36. The molecule has 0 spiro atoms. The van der Waals surface area contributed by atoms with Gasteiger partial charge in [-0.3, -0.25) is 0 Å². The largest absolute Gasteiger partial charge is 0.390 e. The molecule has 0 saturated carbocycles. The molecule has 1 aromatic rings. The minimum Gasteiger partial charge on any atom is -0.390 e. The third kappa shape index (κ3) is 2.08. The van der Waals surface area contributed by atoms with Gasteiger partial charge in [0.1, 0.15) is 0 Å². The molecule has 0 aliphatic carbocycles. The van der Waals surface area contributed by atoms with Crippen molar-refractivity contribution >= 4 is 0 Å². The molecule has 13 heavy (non-hydrogen) atoms. The average Bonchev–Trinajstić information content (AvgIpc) is 2.54. The van der Waals surface area contributed by atoms with Gasteiger partial charge in [-0.2, -0.15) is 0 Å². The molecule has 1 aliphatic rings. The Hall–Kier alpha value is -0.860. The molecule has 70 valence electrons. The maximum atomic E-state index is 9.53. The number of hydrogen-bond donors (Lipinski definition) is 1. The zero-order chi connectivity index (χ0) is 9.10. The normalized spacial score (nSPS) is 27.8. The summed E-state index contributed by atoms with van der Waals surface area (Å²) in [5.41, 5.74) is 1.23. The van der Waals surface area contributed by atoms with Crippen LogP contribution in [0, 0.1) is 0 Å². The van der Waals surface area contributed by atoms with E-state index in [0.717, 1.165) is 12.8 Å². The highest BCUT2D eigenvalue weighted by atomic mass is 16.5. The van der Waals surface area contributed by atoms with Gasteiger partial charge in [0.25, 0.3) is 0 Å². The molecule has 1 aliphatic heterocycles. The summed E-state index contributed by atoms with van der Waals surface area (Å²) in [5.74, 6) is 0. The lowest BCUT2D eigenvalue weighted by Crippen LogP contribution is -2.23. The minimum atomic E-state index is -0.278. The molecule has 1 heterocycles. The van der Waals surface area contributed by atoms with Crippen LogP contribution in [-0.2, 0) is 11.2 Å². The van der Waals surface area contributed by atoms with Crippen molar-refractivity contribution in [1.29, 1.82) is 0 Å². The number of aliphatic hydroxyl groups is 1. The molecule has 1 saturated heterocycles. The molecule has 0 radical (unpaired) electrons. The summed E-state index contributed by atoms with van der Waals surface area (Å²) in [6, 6.07) is 10.1. The highest BCUT2D eigenvalue weighted by Gasteiger charge is 2.25. The van der Waals surface area contributed by atoms with Crippen LogP contribution in [0.5, 0.6) is 0 Å². The fraction of sp³-hybridized carbons (Fsp3) is 0.455. The summed E-state index contributed by atoms with van der Waals surface area (Å²) in [5, 5.41) is 9.53. The van der Waals surface area contributed by atoms with Crippen molar-refractivity contribution in [2.24, 2.45) is 0 Å². The Labute approximate surface area is 78.2 Å². The summed E-state index contributed by atoms with van der Waals surface area (Å²) in [6.45, 7) is 0.693. The summed E-state index contributed by atoms with van der Waals surface area (Å²) in [7, 11) is 0. The van der Waals surface area contributed by atoms with E-state index in [9.17, 15) is 5.11 Å². The van der Waals surface area contributed by atoms with Crippen LogP contribution in [-0.4, -0.2) is 23.9 Å². The predicted octanol–water partition coefficient (Wildman–Crippen LogP) is 1.38. The van der Waals surface area contributed by atoms with Gasteiger partial charge in [-0.05, 0) is 12.0 Å². The Balaban J connectivity index is 1.98. The van der Waals surface area contributed by atoms with Crippen molar-refractivity contribution in [3.8, 4) is 0 Å². The van der Waals surface area contributed by atoms with Gasteiger partial charge in [-0.15, -0.1) is 0 Å². The van der Waals surface area contributed by atoms with Crippen LogP contribution in [0.4, 0.5) is 0 Å². The lowest BCUT2D eigenvalue weighted by Gasteiger charge is -2.13. The molecule has 2 atom stereocenters. The fourth-order valence-electron chi connectivity index (χ4n) is 1.68. The van der Waals surface area contributed by atoms with Gasteiger partial charge in [0.05, 0.1) is 12.2 Å². The SMILES string of the molecule is O[C@H]1CCO[C@@H]1Cc1ccccc1. The van der Waals surface area contributed by atoms with Crippen LogP contribution in [0.1, 0.15) is 12.0 Å². The van der Waals surface area contributed by atoms with Crippen molar-refractivity contribution in [3.63, 3.8) is 0 Å². The number of benzene rings is 1. The molecule has 0 aromatic heterocycles. The summed E-state index contributed by atoms with van der Waals surface area (Å²) in [4.78, 5) is 0. The van der Waals surface area contributed by atoms with Gasteiger partial charge in [-0.25, -0.2) is 0 Å². The summed E-state index contributed by atoms with van der Waals surface area (Å²) >= 11 is 0. The van der Waals surface area contributed by atoms with Gasteiger partial charge in [0.15, 0.2) is 0 Å². The first-order valence-electron chi connectivity index (χ1n) is 4.70. The van der Waals surface area contributed by atoms with E-state index in [1.807, 2.05) is 18.2 Å². The van der Waals surface area contributed by atoms with Crippen LogP contribution in [0.15, 0.2) is 30.3 Å². The lowest BCUT2D eigenvalue weighted by molar-refractivity contribution is 0.0430. The standard InChI is InChI=1S/C11H14O2/c12-10-6-7-13-11(10)8-9-4-2-1-3-5-9/h1-5,10-12H,6-8H2/t10-,11+/m0/s1. The van der Waals surface area contributed by atoms with Crippen molar-refractivity contribution < 1.29 is 9.84 Å². The van der Waals surface area contributed by atoms with E-state index >= 15 is 0 Å². The lowest BCUT2D eigenvalue weighted by atomic mass is 10.0. The van der Waals surface area contributed by atoms with Crippen LogP contribution < -0.4 is 0 Å². The molecule has 2 nitrogen and oxygen atoms in total. The Bertz CT molecular complexity index is 258. The van der Waals surface area contributed by atoms with E-state index in [2.05, 4.69) is 12.1 Å². The van der Waals surface area contributed by atoms with Crippen molar-refractivity contribution in [1.82, 2.24) is 0 Å². The maximum absolute atomic E-state index is 9.53. The fourth-order valence-corrected chi connectivity index (χ4v) is 1.68. The molecular formula is C11H14O2. The third-order valence-corrected chi connectivity index (χ3v) is 2.45. The second-order valence-electron chi connectivity index (χ2n) is 3.45. The van der Waals surface area contributed by atoms with Gasteiger partial charge in [-0.1, -0.05) is 30.3 Å². The van der Waals surface area contributed by atoms with E-state index in [0.29, 0.717) is 6.61 Å². The number of ether oxygens (including phenoxy) is 1. The topological polar surface area (TPSA) is 29.5 Å². The van der Waals surface area contributed by atoms with Crippen molar-refractivity contribution in [2.45, 2.75) is 25.0 Å². The molecule has 0 unspecified atom stereocenters. The molecule has 2 heteroatoms. The van der Waals surface area contributed by atoms with E-state index in [4.69, 9.17) is 4.74 Å². The third-order valence-electron chi connectivity index (χ3n) is 2.45. The Morgan fingerprint density at radius 1 is 1.31 bits per heavy atom. The van der Waals surface area contributed by atoms with Crippen LogP contribution in [0.25, 0.3) is 0 Å². The van der Waals surface area contributed by atoms with Gasteiger partial charge in [0.2, 0.25) is 0 Å². The van der Waals surface area contributed by atoms with Crippen molar-refractivity contribution in [3.05, 3.63) is 35.9 Å². The van der Waals surface area contributed by atoms with E-state index < -0.39 is 0 Å². The summed E-state index contributed by atoms with van der Waals surface area (Å²) in [6.07, 6.45) is 1.32. The molecule has 2 rings (SSSR count). The second kappa shape index (κ2) is 3.90. The van der Waals surface area contributed by atoms with Crippen molar-refractivity contribution in [2.75, 3.05) is 6.61 Å². The summed E-state index contributed by atoms with van der Waals surface area (Å²) < 4.78 is 5.42. The highest BCUT2D eigenvalue weighted by Crippen LogP contribution is 2.17. The number of rotatable bonds is 2. The maximum Gasteiger partial charge on any atom is 0.0874 e. The zero-order valence-electron chi connectivity index (χ0n) is 7.52. The first kappa shape index (κ1) is 8.73. The van der Waals surface area contributed by atoms with Crippen LogP contribution in [0.2, 0.25) is 0 Å². The Morgan fingerprint density at radius 2 is 2.08 bits per heavy atom.